The van der Waals surface area contributed by atoms with Gasteiger partial charge in [-0.1, -0.05) is 43.2 Å². The largest absolute Gasteiger partial charge is 0.444 e. The average Bonchev–Trinajstić information content (AvgIpc) is 3.31. The third kappa shape index (κ3) is 7.49. The Morgan fingerprint density at radius 2 is 1.76 bits per heavy atom. The summed E-state index contributed by atoms with van der Waals surface area (Å²) in [4.78, 5) is 21.3. The van der Waals surface area contributed by atoms with Crippen molar-refractivity contribution in [2.24, 2.45) is 4.99 Å². The molecule has 0 bridgehead atoms. The maximum absolute atomic E-state index is 12.1. The second-order valence-corrected chi connectivity index (χ2v) is 7.87. The van der Waals surface area contributed by atoms with Gasteiger partial charge in [-0.15, -0.1) is 0 Å². The molecule has 0 unspecified atom stereocenters. The molecule has 0 spiro atoms. The second kappa shape index (κ2) is 12.4. The Morgan fingerprint density at radius 1 is 1.00 bits per heavy atom. The second-order valence-electron chi connectivity index (χ2n) is 7.87. The van der Waals surface area contributed by atoms with Gasteiger partial charge in [0.05, 0.1) is 18.8 Å². The van der Waals surface area contributed by atoms with Gasteiger partial charge < -0.3 is 20.4 Å². The predicted molar refractivity (Wildman–Crippen MR) is 132 cm³/mol. The van der Waals surface area contributed by atoms with Gasteiger partial charge in [-0.3, -0.25) is 4.79 Å². The Balaban J connectivity index is 1.55. The highest BCUT2D eigenvalue weighted by atomic mass is 16.3. The van der Waals surface area contributed by atoms with Gasteiger partial charge in [0.1, 0.15) is 6.26 Å². The summed E-state index contributed by atoms with van der Waals surface area (Å²) < 4.78 is 5.63. The molecule has 1 heterocycles. The third-order valence-electron chi connectivity index (χ3n) is 5.08. The fourth-order valence-electron chi connectivity index (χ4n) is 3.15. The number of aryl methyl sites for hydroxylation is 1. The minimum absolute atomic E-state index is 0.0360. The van der Waals surface area contributed by atoms with Crippen molar-refractivity contribution in [3.8, 4) is 11.5 Å². The smallest absolute Gasteiger partial charge is 0.251 e. The average molecular weight is 448 g/mol. The molecule has 1 amide bonds. The molecule has 0 saturated heterocycles. The number of hydrogen-bond acceptors (Lipinski definition) is 4. The highest BCUT2D eigenvalue weighted by Crippen LogP contribution is 2.19. The summed E-state index contributed by atoms with van der Waals surface area (Å²) in [5, 5.41) is 9.47. The highest BCUT2D eigenvalue weighted by Gasteiger charge is 2.08. The predicted octanol–water partition coefficient (Wildman–Crippen LogP) is 4.44. The summed E-state index contributed by atoms with van der Waals surface area (Å²) >= 11 is 0. The van der Waals surface area contributed by atoms with E-state index in [1.54, 1.807) is 6.26 Å². The number of aliphatic imine (C=N–C) groups is 1. The van der Waals surface area contributed by atoms with Crippen LogP contribution in [0.5, 0.6) is 0 Å². The molecule has 2 aromatic carbocycles. The number of carbonyl (C=O) groups is 1. The molecule has 1 aromatic heterocycles. The number of nitrogens with one attached hydrogen (secondary N) is 3. The highest BCUT2D eigenvalue weighted by molar-refractivity contribution is 5.94. The van der Waals surface area contributed by atoms with Gasteiger partial charge in [-0.05, 0) is 50.1 Å². The Bertz CT molecular complexity index is 1040. The van der Waals surface area contributed by atoms with Crippen molar-refractivity contribution in [1.82, 2.24) is 20.9 Å². The summed E-state index contributed by atoms with van der Waals surface area (Å²) in [6.45, 7) is 8.63. The zero-order chi connectivity index (χ0) is 23.5. The molecule has 0 aliphatic rings. The van der Waals surface area contributed by atoms with Crippen LogP contribution in [0.25, 0.3) is 11.5 Å². The molecule has 0 aliphatic heterocycles. The van der Waals surface area contributed by atoms with Gasteiger partial charge in [0.25, 0.3) is 5.91 Å². The van der Waals surface area contributed by atoms with Crippen molar-refractivity contribution < 1.29 is 9.21 Å². The van der Waals surface area contributed by atoms with Crippen molar-refractivity contribution in [1.29, 1.82) is 0 Å². The number of nitrogens with zero attached hydrogens (tertiary/aromatic N) is 2. The molecule has 0 fully saturated rings. The number of guanidine groups is 1. The SMILES string of the molecule is CCCCNC(=O)c1ccc(CN=C(NCC)NCc2coc(-c3ccc(C)cc3)n2)cc1. The molecule has 7 nitrogen and oxygen atoms in total. The molecule has 3 N–H and O–H groups in total. The summed E-state index contributed by atoms with van der Waals surface area (Å²) in [5.74, 6) is 1.26. The van der Waals surface area contributed by atoms with E-state index >= 15 is 0 Å². The van der Waals surface area contributed by atoms with Crippen LogP contribution in [-0.4, -0.2) is 29.9 Å². The van der Waals surface area contributed by atoms with Crippen molar-refractivity contribution in [2.45, 2.75) is 46.7 Å². The normalized spacial score (nSPS) is 11.3. The first-order valence-corrected chi connectivity index (χ1v) is 11.5. The first-order chi connectivity index (χ1) is 16.1. The Morgan fingerprint density at radius 3 is 2.45 bits per heavy atom. The van der Waals surface area contributed by atoms with E-state index in [0.717, 1.165) is 36.2 Å². The van der Waals surface area contributed by atoms with Crippen LogP contribution in [0.1, 0.15) is 53.9 Å². The molecule has 0 radical (unpaired) electrons. The maximum Gasteiger partial charge on any atom is 0.251 e. The van der Waals surface area contributed by atoms with E-state index in [2.05, 4.69) is 39.8 Å². The molecule has 3 rings (SSSR count). The summed E-state index contributed by atoms with van der Waals surface area (Å²) in [6.07, 6.45) is 3.71. The minimum atomic E-state index is -0.0360. The van der Waals surface area contributed by atoms with Crippen LogP contribution in [0.3, 0.4) is 0 Å². The minimum Gasteiger partial charge on any atom is -0.444 e. The van der Waals surface area contributed by atoms with Gasteiger partial charge in [0, 0.05) is 24.2 Å². The third-order valence-corrected chi connectivity index (χ3v) is 5.08. The van der Waals surface area contributed by atoms with Gasteiger partial charge in [0.15, 0.2) is 5.96 Å². The molecule has 0 saturated carbocycles. The number of aromatic nitrogens is 1. The monoisotopic (exact) mass is 447 g/mol. The lowest BCUT2D eigenvalue weighted by Gasteiger charge is -2.10. The van der Waals surface area contributed by atoms with Gasteiger partial charge in [0.2, 0.25) is 5.89 Å². The summed E-state index contributed by atoms with van der Waals surface area (Å²) in [7, 11) is 0. The van der Waals surface area contributed by atoms with Crippen LogP contribution >= 0.6 is 0 Å². The van der Waals surface area contributed by atoms with Crippen LogP contribution < -0.4 is 16.0 Å². The standard InChI is InChI=1S/C26H33N5O2/c1-4-6-15-28-24(32)21-13-9-20(10-14-21)16-29-26(27-5-2)30-17-23-18-33-25(31-23)22-11-7-19(3)8-12-22/h7-14,18H,4-6,15-17H2,1-3H3,(H,28,32)(H2,27,29,30). The molecule has 0 aliphatic carbocycles. The fraction of sp³-hybridized carbons (Fsp3) is 0.346. The topological polar surface area (TPSA) is 91.5 Å². The zero-order valence-electron chi connectivity index (χ0n) is 19.6. The van der Waals surface area contributed by atoms with Gasteiger partial charge in [-0.25, -0.2) is 9.98 Å². The van der Waals surface area contributed by atoms with Crippen LogP contribution in [-0.2, 0) is 13.1 Å². The van der Waals surface area contributed by atoms with Crippen LogP contribution in [0.4, 0.5) is 0 Å². The van der Waals surface area contributed by atoms with Crippen molar-refractivity contribution in [3.63, 3.8) is 0 Å². The lowest BCUT2D eigenvalue weighted by Crippen LogP contribution is -2.36. The van der Waals surface area contributed by atoms with E-state index in [0.29, 0.717) is 37.0 Å². The Kier molecular flexibility index (Phi) is 9.06. The summed E-state index contributed by atoms with van der Waals surface area (Å²) in [5.41, 5.74) is 4.65. The Labute approximate surface area is 195 Å². The number of rotatable bonds is 10. The molecule has 3 aromatic rings. The van der Waals surface area contributed by atoms with Gasteiger partial charge >= 0.3 is 0 Å². The fourth-order valence-corrected chi connectivity index (χ4v) is 3.15. The van der Waals surface area contributed by atoms with E-state index in [1.165, 1.54) is 5.56 Å². The molecular weight excluding hydrogens is 414 g/mol. The molecular formula is C26H33N5O2. The van der Waals surface area contributed by atoms with Crippen LogP contribution in [0, 0.1) is 6.92 Å². The number of unbranched alkanes of at least 4 members (excludes halogenated alkanes) is 1. The number of amides is 1. The van der Waals surface area contributed by atoms with Crippen molar-refractivity contribution >= 4 is 11.9 Å². The van der Waals surface area contributed by atoms with E-state index in [-0.39, 0.29) is 5.91 Å². The van der Waals surface area contributed by atoms with Crippen molar-refractivity contribution in [3.05, 3.63) is 77.2 Å². The molecule has 7 heteroatoms. The molecule has 0 atom stereocenters. The van der Waals surface area contributed by atoms with Crippen LogP contribution in [0.2, 0.25) is 0 Å². The van der Waals surface area contributed by atoms with E-state index in [4.69, 9.17) is 4.42 Å². The number of hydrogen-bond donors (Lipinski definition) is 3. The molecule has 33 heavy (non-hydrogen) atoms. The lowest BCUT2D eigenvalue weighted by atomic mass is 10.1. The van der Waals surface area contributed by atoms with E-state index in [9.17, 15) is 4.79 Å². The van der Waals surface area contributed by atoms with Gasteiger partial charge in [-0.2, -0.15) is 0 Å². The molecule has 174 valence electrons. The number of benzene rings is 2. The van der Waals surface area contributed by atoms with E-state index in [1.807, 2.05) is 55.5 Å². The quantitative estimate of drug-likeness (QED) is 0.243. The zero-order valence-corrected chi connectivity index (χ0v) is 19.6. The summed E-state index contributed by atoms with van der Waals surface area (Å²) in [6, 6.07) is 15.6. The number of oxazole rings is 1. The maximum atomic E-state index is 12.1. The first-order valence-electron chi connectivity index (χ1n) is 11.5. The lowest BCUT2D eigenvalue weighted by molar-refractivity contribution is 0.0953. The van der Waals surface area contributed by atoms with Crippen LogP contribution in [0.15, 0.2) is 64.2 Å². The Hall–Kier alpha value is -3.61. The van der Waals surface area contributed by atoms with E-state index < -0.39 is 0 Å². The first kappa shape index (κ1) is 24.0. The van der Waals surface area contributed by atoms with Crippen molar-refractivity contribution in [2.75, 3.05) is 13.1 Å². The number of carbonyl (C=O) groups excluding carboxylic acids is 1.